The first-order valence-electron chi connectivity index (χ1n) is 9.14. The number of fused-ring (bicyclic) bond motifs is 1. The van der Waals surface area contributed by atoms with Crippen LogP contribution in [0.4, 0.5) is 0 Å². The Morgan fingerprint density at radius 1 is 1.36 bits per heavy atom. The predicted molar refractivity (Wildman–Crippen MR) is 102 cm³/mol. The van der Waals surface area contributed by atoms with Crippen LogP contribution in [0.1, 0.15) is 27.2 Å². The summed E-state index contributed by atoms with van der Waals surface area (Å²) in [6.07, 6.45) is 1.47. The molecule has 1 saturated heterocycles. The van der Waals surface area contributed by atoms with Crippen molar-refractivity contribution in [3.05, 3.63) is 30.3 Å². The number of hydrogen-bond acceptors (Lipinski definition) is 3. The molecule has 0 aromatic heterocycles. The van der Waals surface area contributed by atoms with Crippen LogP contribution in [0, 0.1) is 11.3 Å². The fraction of sp³-hybridized carbons (Fsp3) is 0.632. The van der Waals surface area contributed by atoms with Crippen molar-refractivity contribution in [3.8, 4) is 0 Å². The van der Waals surface area contributed by atoms with E-state index in [0.29, 0.717) is 30.4 Å². The molecule has 5 nitrogen and oxygen atoms in total. The van der Waals surface area contributed by atoms with Gasteiger partial charge in [0.05, 0.1) is 23.4 Å². The third kappa shape index (κ3) is 3.90. The highest BCUT2D eigenvalue weighted by atomic mass is 32.2. The van der Waals surface area contributed by atoms with Gasteiger partial charge in [-0.1, -0.05) is 32.0 Å². The van der Waals surface area contributed by atoms with Gasteiger partial charge in [0, 0.05) is 41.2 Å². The first kappa shape index (κ1) is 18.4. The van der Waals surface area contributed by atoms with Gasteiger partial charge in [-0.25, -0.2) is 0 Å². The van der Waals surface area contributed by atoms with E-state index in [0.717, 1.165) is 30.4 Å². The lowest BCUT2D eigenvalue weighted by molar-refractivity contribution is -0.106. The van der Waals surface area contributed by atoms with Gasteiger partial charge >= 0.3 is 0 Å². The van der Waals surface area contributed by atoms with Crippen LogP contribution in [0.15, 0.2) is 40.2 Å². The Balaban J connectivity index is 1.57. The highest BCUT2D eigenvalue weighted by Gasteiger charge is 2.59. The number of aliphatic imine (C=N–C) groups is 1. The smallest absolute Gasteiger partial charge is 0.191 e. The van der Waals surface area contributed by atoms with E-state index in [1.807, 2.05) is 30.3 Å². The third-order valence-electron chi connectivity index (χ3n) is 5.29. The minimum Gasteiger partial charge on any atom is -0.377 e. The van der Waals surface area contributed by atoms with Crippen molar-refractivity contribution < 1.29 is 8.95 Å². The Labute approximate surface area is 153 Å². The number of benzene rings is 1. The quantitative estimate of drug-likeness (QED) is 0.601. The maximum atomic E-state index is 12.3. The largest absolute Gasteiger partial charge is 0.377 e. The van der Waals surface area contributed by atoms with Crippen molar-refractivity contribution in [2.75, 3.05) is 25.4 Å². The van der Waals surface area contributed by atoms with Gasteiger partial charge in [0.2, 0.25) is 0 Å². The maximum Gasteiger partial charge on any atom is 0.191 e. The van der Waals surface area contributed by atoms with Gasteiger partial charge in [0.25, 0.3) is 0 Å². The SMILES string of the molecule is CCNC(=NCCS(=O)c1ccccc1)NC1C2CCOC2C1(C)C. The van der Waals surface area contributed by atoms with Gasteiger partial charge in [0.15, 0.2) is 5.96 Å². The molecule has 3 rings (SSSR count). The van der Waals surface area contributed by atoms with Crippen LogP contribution in [-0.2, 0) is 15.5 Å². The average molecular weight is 364 g/mol. The standard InChI is InChI=1S/C19H29N3O2S/c1-4-20-18(21-11-13-25(23)14-8-6-5-7-9-14)22-16-15-10-12-24-17(15)19(16,2)3/h5-9,15-17H,4,10-13H2,1-3H3,(H2,20,21,22). The van der Waals surface area contributed by atoms with Crippen molar-refractivity contribution >= 4 is 16.8 Å². The highest BCUT2D eigenvalue weighted by molar-refractivity contribution is 7.85. The normalized spacial score (nSPS) is 28.8. The summed E-state index contributed by atoms with van der Waals surface area (Å²) in [5.41, 5.74) is 0.115. The second kappa shape index (κ2) is 7.87. The van der Waals surface area contributed by atoms with E-state index >= 15 is 0 Å². The lowest BCUT2D eigenvalue weighted by Crippen LogP contribution is -2.68. The minimum atomic E-state index is -1.01. The van der Waals surface area contributed by atoms with Gasteiger partial charge < -0.3 is 15.4 Å². The zero-order valence-electron chi connectivity index (χ0n) is 15.3. The molecule has 2 N–H and O–H groups in total. The third-order valence-corrected chi connectivity index (χ3v) is 6.64. The zero-order chi connectivity index (χ0) is 17.9. The van der Waals surface area contributed by atoms with Crippen molar-refractivity contribution in [3.63, 3.8) is 0 Å². The molecule has 2 fully saturated rings. The zero-order valence-corrected chi connectivity index (χ0v) is 16.1. The number of nitrogens with zero attached hydrogens (tertiary/aromatic N) is 1. The fourth-order valence-corrected chi connectivity index (χ4v) is 4.97. The lowest BCUT2D eigenvalue weighted by atomic mass is 9.57. The monoisotopic (exact) mass is 363 g/mol. The Kier molecular flexibility index (Phi) is 5.79. The van der Waals surface area contributed by atoms with Crippen molar-refractivity contribution in [2.45, 2.75) is 44.2 Å². The minimum absolute atomic E-state index is 0.115. The van der Waals surface area contributed by atoms with Gasteiger partial charge in [-0.05, 0) is 25.5 Å². The molecular weight excluding hydrogens is 334 g/mol. The number of guanidine groups is 1. The molecule has 4 atom stereocenters. The van der Waals surface area contributed by atoms with E-state index < -0.39 is 10.8 Å². The summed E-state index contributed by atoms with van der Waals surface area (Å²) in [7, 11) is -1.01. The molecule has 6 heteroatoms. The topological polar surface area (TPSA) is 62.7 Å². The Morgan fingerprint density at radius 2 is 2.12 bits per heavy atom. The second-order valence-electron chi connectivity index (χ2n) is 7.31. The number of rotatable bonds is 6. The predicted octanol–water partition coefficient (Wildman–Crippen LogP) is 2.16. The van der Waals surface area contributed by atoms with E-state index in [2.05, 4.69) is 36.4 Å². The molecule has 1 aromatic rings. The van der Waals surface area contributed by atoms with Gasteiger partial charge in [-0.2, -0.15) is 0 Å². The summed E-state index contributed by atoms with van der Waals surface area (Å²) in [6, 6.07) is 9.95. The molecule has 0 spiro atoms. The fourth-order valence-electron chi connectivity index (χ4n) is 4.02. The molecule has 0 radical (unpaired) electrons. The number of ether oxygens (including phenoxy) is 1. The summed E-state index contributed by atoms with van der Waals surface area (Å²) >= 11 is 0. The molecule has 0 amide bonds. The van der Waals surface area contributed by atoms with Crippen LogP contribution in [0.25, 0.3) is 0 Å². The number of nitrogens with one attached hydrogen (secondary N) is 2. The Morgan fingerprint density at radius 3 is 2.84 bits per heavy atom. The van der Waals surface area contributed by atoms with Crippen molar-refractivity contribution in [2.24, 2.45) is 16.3 Å². The number of hydrogen-bond donors (Lipinski definition) is 2. The Hall–Kier alpha value is -1.40. The van der Waals surface area contributed by atoms with E-state index in [1.54, 1.807) is 0 Å². The Bertz CT molecular complexity index is 633. The van der Waals surface area contributed by atoms with Crippen LogP contribution >= 0.6 is 0 Å². The average Bonchev–Trinajstić information content (AvgIpc) is 3.07. The summed E-state index contributed by atoms with van der Waals surface area (Å²) in [5.74, 6) is 1.91. The molecular formula is C19H29N3O2S. The van der Waals surface area contributed by atoms with Crippen LogP contribution in [0.5, 0.6) is 0 Å². The van der Waals surface area contributed by atoms with Crippen LogP contribution in [-0.4, -0.2) is 47.8 Å². The summed E-state index contributed by atoms with van der Waals surface area (Å²) in [4.78, 5) is 5.50. The molecule has 138 valence electrons. The van der Waals surface area contributed by atoms with Crippen molar-refractivity contribution in [1.29, 1.82) is 0 Å². The molecule has 1 heterocycles. The van der Waals surface area contributed by atoms with Crippen LogP contribution < -0.4 is 10.6 Å². The molecule has 0 bridgehead atoms. The molecule has 2 aliphatic rings. The first-order valence-corrected chi connectivity index (χ1v) is 10.5. The van der Waals surface area contributed by atoms with Crippen LogP contribution in [0.2, 0.25) is 0 Å². The summed E-state index contributed by atoms with van der Waals surface area (Å²) in [6.45, 7) is 8.78. The van der Waals surface area contributed by atoms with Gasteiger partial charge in [0.1, 0.15) is 0 Å². The highest BCUT2D eigenvalue weighted by Crippen LogP contribution is 2.52. The molecule has 4 unspecified atom stereocenters. The maximum absolute atomic E-state index is 12.3. The van der Waals surface area contributed by atoms with Crippen molar-refractivity contribution in [1.82, 2.24) is 10.6 Å². The van der Waals surface area contributed by atoms with Crippen LogP contribution in [0.3, 0.4) is 0 Å². The molecule has 1 aromatic carbocycles. The molecule has 1 aliphatic carbocycles. The van der Waals surface area contributed by atoms with E-state index in [4.69, 9.17) is 4.74 Å². The molecule has 1 saturated carbocycles. The molecule has 25 heavy (non-hydrogen) atoms. The molecule has 1 aliphatic heterocycles. The first-order chi connectivity index (χ1) is 12.0. The second-order valence-corrected chi connectivity index (χ2v) is 8.88. The summed E-state index contributed by atoms with van der Waals surface area (Å²) < 4.78 is 18.2. The van der Waals surface area contributed by atoms with E-state index in [1.165, 1.54) is 0 Å². The van der Waals surface area contributed by atoms with Gasteiger partial charge in [-0.15, -0.1) is 0 Å². The van der Waals surface area contributed by atoms with Gasteiger partial charge in [-0.3, -0.25) is 9.20 Å². The summed E-state index contributed by atoms with van der Waals surface area (Å²) in [5, 5.41) is 6.90. The van der Waals surface area contributed by atoms with E-state index in [9.17, 15) is 4.21 Å². The lowest BCUT2D eigenvalue weighted by Gasteiger charge is -2.54. The van der Waals surface area contributed by atoms with E-state index in [-0.39, 0.29) is 5.41 Å².